The standard InChI is InChI=1S/C2H6Cl2N2.Na/c3-5-1-2-6-4;/h5-6H,1-2H2;. The van der Waals surface area contributed by atoms with E-state index in [2.05, 4.69) is 9.67 Å². The molecule has 5 heteroatoms. The number of hydrogen-bond acceptors (Lipinski definition) is 2. The third-order valence-electron chi connectivity index (χ3n) is 0.314. The molecule has 0 aliphatic heterocycles. The number of halogens is 2. The SMILES string of the molecule is ClNCCNCl.[Na]. The minimum absolute atomic E-state index is 0. The van der Waals surface area contributed by atoms with E-state index in [0.29, 0.717) is 13.1 Å². The van der Waals surface area contributed by atoms with Gasteiger partial charge >= 0.3 is 0 Å². The molecule has 2 nitrogen and oxygen atoms in total. The zero-order chi connectivity index (χ0) is 4.83. The van der Waals surface area contributed by atoms with E-state index in [1.807, 2.05) is 0 Å². The first kappa shape index (κ1) is 11.3. The van der Waals surface area contributed by atoms with Crippen LogP contribution >= 0.6 is 23.6 Å². The number of rotatable bonds is 3. The molecule has 0 amide bonds. The minimum atomic E-state index is 0. The molecule has 0 unspecified atom stereocenters. The molecule has 0 aromatic carbocycles. The van der Waals surface area contributed by atoms with E-state index >= 15 is 0 Å². The third kappa shape index (κ3) is 11.2. The summed E-state index contributed by atoms with van der Waals surface area (Å²) in [5, 5.41) is 0. The van der Waals surface area contributed by atoms with Crippen molar-refractivity contribution in [1.82, 2.24) is 9.67 Å². The molecular weight excluding hydrogens is 146 g/mol. The van der Waals surface area contributed by atoms with Crippen LogP contribution in [0.1, 0.15) is 0 Å². The van der Waals surface area contributed by atoms with Crippen LogP contribution in [0.5, 0.6) is 0 Å². The molecule has 2 N–H and O–H groups in total. The molecule has 0 atom stereocenters. The van der Waals surface area contributed by atoms with Crippen LogP contribution in [0, 0.1) is 0 Å². The summed E-state index contributed by atoms with van der Waals surface area (Å²) in [5.74, 6) is 0. The van der Waals surface area contributed by atoms with Gasteiger partial charge < -0.3 is 0 Å². The Morgan fingerprint density at radius 1 is 1.00 bits per heavy atom. The van der Waals surface area contributed by atoms with Gasteiger partial charge in [0.2, 0.25) is 0 Å². The van der Waals surface area contributed by atoms with Gasteiger partial charge in [0, 0.05) is 42.6 Å². The quantitative estimate of drug-likeness (QED) is 0.340. The fourth-order valence-electron chi connectivity index (χ4n) is 0.0945. The maximum atomic E-state index is 5.03. The van der Waals surface area contributed by atoms with Crippen molar-refractivity contribution < 1.29 is 0 Å². The Kier molecular flexibility index (Phi) is 16.9. The topological polar surface area (TPSA) is 24.1 Å². The Bertz CT molecular complexity index is 25.7. The van der Waals surface area contributed by atoms with E-state index in [1.54, 1.807) is 0 Å². The van der Waals surface area contributed by atoms with Crippen LogP contribution in [0.3, 0.4) is 0 Å². The monoisotopic (exact) mass is 151 g/mol. The molecule has 7 heavy (non-hydrogen) atoms. The van der Waals surface area contributed by atoms with Crippen LogP contribution in [0.25, 0.3) is 0 Å². The largest absolute Gasteiger partial charge is 0.232 e. The predicted octanol–water partition coefficient (Wildman–Crippen LogP) is 0.0924. The summed E-state index contributed by atoms with van der Waals surface area (Å²) >= 11 is 10.1. The molecule has 0 spiro atoms. The van der Waals surface area contributed by atoms with Gasteiger partial charge in [-0.05, 0) is 23.6 Å². The summed E-state index contributed by atoms with van der Waals surface area (Å²) in [6.45, 7) is 1.37. The molecule has 0 saturated carbocycles. The normalized spacial score (nSPS) is 7.71. The van der Waals surface area contributed by atoms with Crippen molar-refractivity contribution in [3.05, 3.63) is 0 Å². The summed E-state index contributed by atoms with van der Waals surface area (Å²) in [6.07, 6.45) is 0. The van der Waals surface area contributed by atoms with Crippen LogP contribution in [-0.2, 0) is 0 Å². The van der Waals surface area contributed by atoms with E-state index in [0.717, 1.165) is 0 Å². The van der Waals surface area contributed by atoms with Gasteiger partial charge in [0.25, 0.3) is 0 Å². The molecule has 0 aromatic rings. The summed E-state index contributed by atoms with van der Waals surface area (Å²) in [7, 11) is 0. The van der Waals surface area contributed by atoms with Gasteiger partial charge in [0.15, 0.2) is 0 Å². The molecule has 0 fully saturated rings. The van der Waals surface area contributed by atoms with Gasteiger partial charge in [-0.15, -0.1) is 0 Å². The first-order valence-electron chi connectivity index (χ1n) is 1.59. The molecule has 0 aliphatic rings. The first-order chi connectivity index (χ1) is 2.91. The summed E-state index contributed by atoms with van der Waals surface area (Å²) in [4.78, 5) is 4.79. The van der Waals surface area contributed by atoms with Crippen molar-refractivity contribution in [1.29, 1.82) is 0 Å². The van der Waals surface area contributed by atoms with Crippen molar-refractivity contribution in [2.45, 2.75) is 0 Å². The Balaban J connectivity index is 0. The van der Waals surface area contributed by atoms with Gasteiger partial charge in [-0.1, -0.05) is 0 Å². The Hall–Kier alpha value is 1.50. The maximum absolute atomic E-state index is 5.03. The van der Waals surface area contributed by atoms with Crippen LogP contribution in [0.4, 0.5) is 0 Å². The summed E-state index contributed by atoms with van der Waals surface area (Å²) in [5.41, 5.74) is 0. The molecule has 0 aliphatic carbocycles. The van der Waals surface area contributed by atoms with Crippen molar-refractivity contribution >= 4 is 53.1 Å². The van der Waals surface area contributed by atoms with Gasteiger partial charge in [0.05, 0.1) is 0 Å². The second kappa shape index (κ2) is 10.5. The molecule has 0 saturated heterocycles. The predicted molar refractivity (Wildman–Crippen MR) is 33.5 cm³/mol. The van der Waals surface area contributed by atoms with E-state index < -0.39 is 0 Å². The first-order valence-corrected chi connectivity index (χ1v) is 2.34. The summed E-state index contributed by atoms with van der Waals surface area (Å²) in [6, 6.07) is 0. The molecule has 0 bridgehead atoms. The van der Waals surface area contributed by atoms with E-state index in [1.165, 1.54) is 0 Å². The van der Waals surface area contributed by atoms with Crippen molar-refractivity contribution in [2.75, 3.05) is 13.1 Å². The molecule has 1 radical (unpaired) electrons. The zero-order valence-corrected chi connectivity index (χ0v) is 7.68. The van der Waals surface area contributed by atoms with Crippen molar-refractivity contribution in [3.8, 4) is 0 Å². The molecule has 0 heterocycles. The minimum Gasteiger partial charge on any atom is -0.232 e. The number of nitrogens with one attached hydrogen (secondary N) is 2. The van der Waals surface area contributed by atoms with Crippen LogP contribution in [-0.4, -0.2) is 42.6 Å². The average molecular weight is 152 g/mol. The second-order valence-electron chi connectivity index (χ2n) is 0.767. The Morgan fingerprint density at radius 2 is 1.29 bits per heavy atom. The van der Waals surface area contributed by atoms with Crippen LogP contribution in [0.2, 0.25) is 0 Å². The molecule has 0 rings (SSSR count). The molecular formula is C2H6Cl2N2Na. The molecule has 0 aromatic heterocycles. The van der Waals surface area contributed by atoms with Gasteiger partial charge in [0.1, 0.15) is 0 Å². The Labute approximate surface area is 75.4 Å². The summed E-state index contributed by atoms with van der Waals surface area (Å²) < 4.78 is 0. The molecule has 39 valence electrons. The van der Waals surface area contributed by atoms with Crippen LogP contribution < -0.4 is 9.67 Å². The third-order valence-corrected chi connectivity index (χ3v) is 0.692. The van der Waals surface area contributed by atoms with E-state index in [4.69, 9.17) is 23.6 Å². The Morgan fingerprint density at radius 3 is 1.43 bits per heavy atom. The van der Waals surface area contributed by atoms with Crippen LogP contribution in [0.15, 0.2) is 0 Å². The van der Waals surface area contributed by atoms with Gasteiger partial charge in [-0.25, -0.2) is 9.67 Å². The van der Waals surface area contributed by atoms with Gasteiger partial charge in [-0.3, -0.25) is 0 Å². The fraction of sp³-hybridized carbons (Fsp3) is 1.00. The smallest absolute Gasteiger partial charge is 0.0246 e. The maximum Gasteiger partial charge on any atom is 0.0246 e. The van der Waals surface area contributed by atoms with E-state index in [-0.39, 0.29) is 29.6 Å². The van der Waals surface area contributed by atoms with E-state index in [9.17, 15) is 0 Å². The fourth-order valence-corrected chi connectivity index (χ4v) is 0.283. The zero-order valence-electron chi connectivity index (χ0n) is 4.17. The van der Waals surface area contributed by atoms with Crippen molar-refractivity contribution in [3.63, 3.8) is 0 Å². The number of hydrogen-bond donors (Lipinski definition) is 2. The average Bonchev–Trinajstić information content (AvgIpc) is 1.61. The van der Waals surface area contributed by atoms with Crippen molar-refractivity contribution in [2.24, 2.45) is 0 Å². The van der Waals surface area contributed by atoms with Gasteiger partial charge in [-0.2, -0.15) is 0 Å². The second-order valence-corrected chi connectivity index (χ2v) is 1.30.